The lowest BCUT2D eigenvalue weighted by molar-refractivity contribution is -0.150. The third-order valence-electron chi connectivity index (χ3n) is 3.06. The minimum Gasteiger partial charge on any atom is -0.454 e. The lowest BCUT2D eigenvalue weighted by atomic mass is 10.1. The van der Waals surface area contributed by atoms with Crippen LogP contribution in [0.3, 0.4) is 0 Å². The van der Waals surface area contributed by atoms with Gasteiger partial charge in [-0.3, -0.25) is 14.9 Å². The van der Waals surface area contributed by atoms with Gasteiger partial charge in [0.1, 0.15) is 6.04 Å². The molecule has 0 saturated carbocycles. The molecule has 9 nitrogen and oxygen atoms in total. The molecule has 1 aromatic carbocycles. The molecule has 0 aliphatic carbocycles. The molecule has 1 aromatic rings. The van der Waals surface area contributed by atoms with Gasteiger partial charge in [0, 0.05) is 5.41 Å². The average Bonchev–Trinajstić information content (AvgIpc) is 2.56. The van der Waals surface area contributed by atoms with Gasteiger partial charge in [-0.25, -0.2) is 13.2 Å². The monoisotopic (exact) mass is 383 g/mol. The smallest absolute Gasteiger partial charge is 0.324 e. The number of esters is 1. The quantitative estimate of drug-likeness (QED) is 0.552. The first kappa shape index (κ1) is 21.3. The van der Waals surface area contributed by atoms with Crippen molar-refractivity contribution in [3.8, 4) is 0 Å². The highest BCUT2D eigenvalue weighted by atomic mass is 32.2. The normalized spacial score (nSPS) is 12.7. The lowest BCUT2D eigenvalue weighted by Gasteiger charge is -2.19. The molecule has 0 bridgehead atoms. The number of urea groups is 1. The molecule has 1 atom stereocenters. The second kappa shape index (κ2) is 9.68. The zero-order valence-corrected chi connectivity index (χ0v) is 15.2. The number of nitrogens with two attached hydrogens (primary N) is 1. The average molecular weight is 383 g/mol. The van der Waals surface area contributed by atoms with Crippen LogP contribution in [0.5, 0.6) is 0 Å². The molecule has 4 N–H and O–H groups in total. The Kier molecular flexibility index (Phi) is 7.94. The first-order valence-corrected chi connectivity index (χ1v) is 9.16. The minimum atomic E-state index is -3.93. The van der Waals surface area contributed by atoms with Crippen molar-refractivity contribution in [2.45, 2.75) is 19.9 Å². The number of hydrogen-bond acceptors (Lipinski definition) is 6. The van der Waals surface area contributed by atoms with Gasteiger partial charge in [-0.2, -0.15) is 4.72 Å². The van der Waals surface area contributed by atoms with E-state index in [0.717, 1.165) is 5.41 Å². The molecule has 26 heavy (non-hydrogen) atoms. The molecule has 1 rings (SSSR count). The fourth-order valence-electron chi connectivity index (χ4n) is 1.80. The highest BCUT2D eigenvalue weighted by Crippen LogP contribution is 2.08. The molecule has 0 heterocycles. The SMILES string of the molecule is CC(C)[C@@H](NS(=O)(=O)/C=C/c1ccccc1)C(=O)OCC(=O)NC(N)=O. The van der Waals surface area contributed by atoms with Crippen molar-refractivity contribution in [3.63, 3.8) is 0 Å². The Morgan fingerprint density at radius 1 is 1.19 bits per heavy atom. The Morgan fingerprint density at radius 2 is 1.81 bits per heavy atom. The summed E-state index contributed by atoms with van der Waals surface area (Å²) in [5.41, 5.74) is 5.43. The Morgan fingerprint density at radius 3 is 2.35 bits per heavy atom. The number of nitrogens with one attached hydrogen (secondary N) is 2. The summed E-state index contributed by atoms with van der Waals surface area (Å²) in [6.45, 7) is 2.46. The Balaban J connectivity index is 2.74. The molecule has 3 amide bonds. The van der Waals surface area contributed by atoms with E-state index in [2.05, 4.69) is 4.72 Å². The molecular formula is C16H21N3O6S. The molecule has 0 unspecified atom stereocenters. The topological polar surface area (TPSA) is 145 Å². The number of rotatable bonds is 8. The third-order valence-corrected chi connectivity index (χ3v) is 4.14. The number of carbonyl (C=O) groups excluding carboxylic acids is 3. The maximum atomic E-state index is 12.2. The molecule has 0 radical (unpaired) electrons. The molecule has 0 saturated heterocycles. The fourth-order valence-corrected chi connectivity index (χ4v) is 2.94. The van der Waals surface area contributed by atoms with Crippen LogP contribution in [0.1, 0.15) is 19.4 Å². The molecule has 142 valence electrons. The number of primary amides is 1. The summed E-state index contributed by atoms with van der Waals surface area (Å²) in [6.07, 6.45) is 1.38. The van der Waals surface area contributed by atoms with Gasteiger partial charge in [-0.05, 0) is 17.6 Å². The summed E-state index contributed by atoms with van der Waals surface area (Å²) in [7, 11) is -3.93. The van der Waals surface area contributed by atoms with Crippen molar-refractivity contribution in [3.05, 3.63) is 41.3 Å². The summed E-state index contributed by atoms with van der Waals surface area (Å²) in [5.74, 6) is -2.31. The van der Waals surface area contributed by atoms with Crippen LogP contribution < -0.4 is 15.8 Å². The summed E-state index contributed by atoms with van der Waals surface area (Å²) in [6, 6.07) is 6.45. The standard InChI is InChI=1S/C16H21N3O6S/c1-11(2)14(15(21)25-10-13(20)18-16(17)22)19-26(23,24)9-8-12-6-4-3-5-7-12/h3-9,11,14,19H,10H2,1-2H3,(H3,17,18,20,22)/b9-8+/t14-/m1/s1. The van der Waals surface area contributed by atoms with Crippen molar-refractivity contribution in [1.29, 1.82) is 0 Å². The zero-order chi connectivity index (χ0) is 19.7. The van der Waals surface area contributed by atoms with Gasteiger partial charge in [0.15, 0.2) is 6.61 Å². The maximum Gasteiger partial charge on any atom is 0.324 e. The maximum absolute atomic E-state index is 12.2. The van der Waals surface area contributed by atoms with Gasteiger partial charge in [-0.1, -0.05) is 44.2 Å². The highest BCUT2D eigenvalue weighted by Gasteiger charge is 2.28. The fraction of sp³-hybridized carbons (Fsp3) is 0.312. The van der Waals surface area contributed by atoms with Crippen LogP contribution in [0.4, 0.5) is 4.79 Å². The van der Waals surface area contributed by atoms with Gasteiger partial charge in [0.25, 0.3) is 5.91 Å². The van der Waals surface area contributed by atoms with Crippen LogP contribution in [0.2, 0.25) is 0 Å². The summed E-state index contributed by atoms with van der Waals surface area (Å²) >= 11 is 0. The van der Waals surface area contributed by atoms with E-state index < -0.39 is 46.5 Å². The van der Waals surface area contributed by atoms with E-state index in [1.54, 1.807) is 49.5 Å². The number of amides is 3. The number of benzene rings is 1. The Bertz CT molecular complexity index is 774. The second-order valence-corrected chi connectivity index (χ2v) is 7.22. The summed E-state index contributed by atoms with van der Waals surface area (Å²) in [4.78, 5) is 33.8. The Labute approximate surface area is 151 Å². The van der Waals surface area contributed by atoms with Crippen molar-refractivity contribution in [2.75, 3.05) is 6.61 Å². The van der Waals surface area contributed by atoms with E-state index in [9.17, 15) is 22.8 Å². The van der Waals surface area contributed by atoms with E-state index in [-0.39, 0.29) is 0 Å². The molecule has 0 spiro atoms. The molecule has 0 aromatic heterocycles. The van der Waals surface area contributed by atoms with Crippen molar-refractivity contribution < 1.29 is 27.5 Å². The highest BCUT2D eigenvalue weighted by molar-refractivity contribution is 7.92. The first-order chi connectivity index (χ1) is 12.1. The minimum absolute atomic E-state index is 0.443. The largest absolute Gasteiger partial charge is 0.454 e. The van der Waals surface area contributed by atoms with Crippen LogP contribution in [-0.2, 0) is 24.3 Å². The van der Waals surface area contributed by atoms with E-state index in [4.69, 9.17) is 10.5 Å². The second-order valence-electron chi connectivity index (χ2n) is 5.62. The molecule has 0 aliphatic heterocycles. The van der Waals surface area contributed by atoms with Gasteiger partial charge in [0.2, 0.25) is 10.0 Å². The molecule has 0 aliphatic rings. The third kappa shape index (κ3) is 7.90. The van der Waals surface area contributed by atoms with E-state index in [1.165, 1.54) is 6.08 Å². The van der Waals surface area contributed by atoms with Crippen molar-refractivity contribution in [2.24, 2.45) is 11.7 Å². The lowest BCUT2D eigenvalue weighted by Crippen LogP contribution is -2.46. The van der Waals surface area contributed by atoms with Gasteiger partial charge < -0.3 is 10.5 Å². The molecule has 10 heteroatoms. The van der Waals surface area contributed by atoms with Gasteiger partial charge in [-0.15, -0.1) is 0 Å². The summed E-state index contributed by atoms with van der Waals surface area (Å²) < 4.78 is 31.3. The number of hydrogen-bond donors (Lipinski definition) is 3. The number of sulfonamides is 1. The van der Waals surface area contributed by atoms with E-state index in [0.29, 0.717) is 5.56 Å². The van der Waals surface area contributed by atoms with Crippen molar-refractivity contribution >= 4 is 34.0 Å². The van der Waals surface area contributed by atoms with E-state index >= 15 is 0 Å². The predicted octanol–water partition coefficient (Wildman–Crippen LogP) is 0.339. The molecule has 0 fully saturated rings. The van der Waals surface area contributed by atoms with Crippen LogP contribution in [0.15, 0.2) is 35.7 Å². The first-order valence-electron chi connectivity index (χ1n) is 7.62. The van der Waals surface area contributed by atoms with Gasteiger partial charge >= 0.3 is 12.0 Å². The van der Waals surface area contributed by atoms with Crippen LogP contribution in [0.25, 0.3) is 6.08 Å². The number of carbonyl (C=O) groups is 3. The number of ether oxygens (including phenoxy) is 1. The van der Waals surface area contributed by atoms with Crippen molar-refractivity contribution in [1.82, 2.24) is 10.0 Å². The van der Waals surface area contributed by atoms with Crippen LogP contribution in [0, 0.1) is 5.92 Å². The summed E-state index contributed by atoms with van der Waals surface area (Å²) in [5, 5.41) is 2.66. The van der Waals surface area contributed by atoms with Gasteiger partial charge in [0.05, 0.1) is 0 Å². The predicted molar refractivity (Wildman–Crippen MR) is 94.8 cm³/mol. The van der Waals surface area contributed by atoms with Crippen LogP contribution >= 0.6 is 0 Å². The zero-order valence-electron chi connectivity index (χ0n) is 14.3. The Hall–Kier alpha value is -2.72. The van der Waals surface area contributed by atoms with E-state index in [1.807, 2.05) is 0 Å². The molecular weight excluding hydrogens is 362 g/mol. The van der Waals surface area contributed by atoms with Crippen LogP contribution in [-0.4, -0.2) is 39.0 Å². The number of imide groups is 1.